The first-order valence-corrected chi connectivity index (χ1v) is 10.7. The number of carbonyl (C=O) groups is 3. The average molecular weight is 421 g/mol. The van der Waals surface area contributed by atoms with Crippen molar-refractivity contribution >= 4 is 17.8 Å². The third-order valence-corrected chi connectivity index (χ3v) is 6.46. The van der Waals surface area contributed by atoms with Crippen molar-refractivity contribution in [3.63, 3.8) is 0 Å². The summed E-state index contributed by atoms with van der Waals surface area (Å²) in [4.78, 5) is 45.8. The normalized spacial score (nSPS) is 22.0. The molecule has 7 heteroatoms. The summed E-state index contributed by atoms with van der Waals surface area (Å²) in [6.07, 6.45) is 4.63. The van der Waals surface area contributed by atoms with Crippen molar-refractivity contribution < 1.29 is 14.4 Å². The highest BCUT2D eigenvalue weighted by Gasteiger charge is 2.52. The molecule has 4 rings (SSSR count). The molecular formula is C24H28N4O3. The largest absolute Gasteiger partial charge is 0.339 e. The number of rotatable bonds is 4. The van der Waals surface area contributed by atoms with Gasteiger partial charge in [-0.3, -0.25) is 19.5 Å². The molecule has 2 aliphatic heterocycles. The Morgan fingerprint density at radius 2 is 1.71 bits per heavy atom. The zero-order valence-corrected chi connectivity index (χ0v) is 18.2. The van der Waals surface area contributed by atoms with Crippen LogP contribution in [0.1, 0.15) is 46.8 Å². The van der Waals surface area contributed by atoms with E-state index in [0.29, 0.717) is 31.5 Å². The number of pyridine rings is 1. The number of hydrogen-bond donors (Lipinski definition) is 1. The molecule has 2 saturated heterocycles. The van der Waals surface area contributed by atoms with Gasteiger partial charge >= 0.3 is 6.03 Å². The fourth-order valence-corrected chi connectivity index (χ4v) is 4.75. The maximum absolute atomic E-state index is 13.2. The molecule has 0 aliphatic carbocycles. The van der Waals surface area contributed by atoms with Crippen LogP contribution < -0.4 is 5.32 Å². The third kappa shape index (κ3) is 4.04. The molecule has 1 aromatic carbocycles. The van der Waals surface area contributed by atoms with Gasteiger partial charge in [0.2, 0.25) is 0 Å². The molecule has 31 heavy (non-hydrogen) atoms. The van der Waals surface area contributed by atoms with Crippen molar-refractivity contribution in [1.29, 1.82) is 0 Å². The molecule has 0 radical (unpaired) electrons. The molecule has 0 bridgehead atoms. The first-order valence-electron chi connectivity index (χ1n) is 10.7. The number of benzene rings is 1. The van der Waals surface area contributed by atoms with Gasteiger partial charge in [-0.1, -0.05) is 17.2 Å². The number of likely N-dealkylation sites (tertiary alicyclic amines) is 1. The van der Waals surface area contributed by atoms with E-state index in [1.807, 2.05) is 37.8 Å². The second-order valence-corrected chi connectivity index (χ2v) is 8.82. The Bertz CT molecular complexity index is 994. The van der Waals surface area contributed by atoms with Gasteiger partial charge in [0.1, 0.15) is 5.54 Å². The predicted molar refractivity (Wildman–Crippen MR) is 116 cm³/mol. The van der Waals surface area contributed by atoms with E-state index in [1.165, 1.54) is 4.90 Å². The van der Waals surface area contributed by atoms with Crippen LogP contribution >= 0.6 is 0 Å². The van der Waals surface area contributed by atoms with Gasteiger partial charge < -0.3 is 10.2 Å². The Balaban J connectivity index is 1.42. The Labute approximate surface area is 182 Å². The first kappa shape index (κ1) is 21.0. The smallest absolute Gasteiger partial charge is 0.325 e. The molecule has 4 amide bonds. The monoisotopic (exact) mass is 420 g/mol. The minimum atomic E-state index is -0.945. The van der Waals surface area contributed by atoms with Crippen LogP contribution in [0.4, 0.5) is 4.79 Å². The molecule has 7 nitrogen and oxygen atoms in total. The van der Waals surface area contributed by atoms with Gasteiger partial charge in [-0.15, -0.1) is 0 Å². The number of amides is 4. The molecule has 3 heterocycles. The Hall–Kier alpha value is -3.22. The van der Waals surface area contributed by atoms with E-state index >= 15 is 0 Å². The molecular weight excluding hydrogens is 392 g/mol. The number of carbonyl (C=O) groups excluding carboxylic acids is 3. The zero-order chi connectivity index (χ0) is 22.2. The van der Waals surface area contributed by atoms with E-state index in [4.69, 9.17) is 0 Å². The lowest BCUT2D eigenvalue weighted by molar-refractivity contribution is -0.133. The topological polar surface area (TPSA) is 82.6 Å². The molecule has 1 atom stereocenters. The van der Waals surface area contributed by atoms with Crippen LogP contribution in [0.15, 0.2) is 42.7 Å². The van der Waals surface area contributed by atoms with Gasteiger partial charge in [-0.25, -0.2) is 4.79 Å². The summed E-state index contributed by atoms with van der Waals surface area (Å²) in [5, 5.41) is 2.93. The second-order valence-electron chi connectivity index (χ2n) is 8.82. The summed E-state index contributed by atoms with van der Waals surface area (Å²) in [6, 6.07) is 9.12. The zero-order valence-electron chi connectivity index (χ0n) is 18.2. The number of nitrogens with one attached hydrogen (secondary N) is 1. The van der Waals surface area contributed by atoms with Crippen LogP contribution in [-0.2, 0) is 11.3 Å². The maximum atomic E-state index is 13.2. The molecule has 0 unspecified atom stereocenters. The summed E-state index contributed by atoms with van der Waals surface area (Å²) >= 11 is 0. The van der Waals surface area contributed by atoms with E-state index in [0.717, 1.165) is 16.7 Å². The predicted octanol–water partition coefficient (Wildman–Crippen LogP) is 3.06. The summed E-state index contributed by atoms with van der Waals surface area (Å²) in [5.41, 5.74) is 2.75. The van der Waals surface area contributed by atoms with Gasteiger partial charge in [0.25, 0.3) is 11.8 Å². The highest BCUT2D eigenvalue weighted by molar-refractivity contribution is 6.07. The highest BCUT2D eigenvalue weighted by atomic mass is 16.2. The van der Waals surface area contributed by atoms with Crippen molar-refractivity contribution in [2.45, 2.75) is 45.7 Å². The van der Waals surface area contributed by atoms with E-state index < -0.39 is 5.54 Å². The van der Waals surface area contributed by atoms with E-state index in [1.54, 1.807) is 24.5 Å². The first-order chi connectivity index (χ1) is 14.8. The highest BCUT2D eigenvalue weighted by Crippen LogP contribution is 2.34. The quantitative estimate of drug-likeness (QED) is 0.771. The Kier molecular flexibility index (Phi) is 5.52. The maximum Gasteiger partial charge on any atom is 0.325 e. The number of nitrogens with zero attached hydrogens (tertiary/aromatic N) is 3. The number of piperidine rings is 1. The molecule has 2 aliphatic rings. The molecule has 0 saturated carbocycles. The van der Waals surface area contributed by atoms with Crippen molar-refractivity contribution in [3.8, 4) is 0 Å². The SMILES string of the molecule is Cc1cc(C)cc(C(=O)N2CCC([C@]3(C)NC(=O)N(Cc4ccncc4)C3=O)CC2)c1. The minimum absolute atomic E-state index is 0.0188. The van der Waals surface area contributed by atoms with Crippen molar-refractivity contribution in [3.05, 3.63) is 65.0 Å². The lowest BCUT2D eigenvalue weighted by atomic mass is 9.78. The Morgan fingerprint density at radius 1 is 1.10 bits per heavy atom. The van der Waals surface area contributed by atoms with E-state index in [9.17, 15) is 14.4 Å². The van der Waals surface area contributed by atoms with Gasteiger partial charge in [-0.2, -0.15) is 0 Å². The van der Waals surface area contributed by atoms with Crippen molar-refractivity contribution in [2.75, 3.05) is 13.1 Å². The number of hydrogen-bond acceptors (Lipinski definition) is 4. The molecule has 1 N–H and O–H groups in total. The molecule has 162 valence electrons. The van der Waals surface area contributed by atoms with Crippen LogP contribution in [0.25, 0.3) is 0 Å². The standard InChI is InChI=1S/C24H28N4O3/c1-16-12-17(2)14-19(13-16)21(29)27-10-6-20(7-11-27)24(3)22(30)28(23(31)26-24)15-18-4-8-25-9-5-18/h4-5,8-9,12-14,20H,6-7,10-11,15H2,1-3H3,(H,26,31)/t24-/m0/s1. The van der Waals surface area contributed by atoms with E-state index in [2.05, 4.69) is 16.4 Å². The number of imide groups is 1. The van der Waals surface area contributed by atoms with Crippen LogP contribution in [0.5, 0.6) is 0 Å². The summed E-state index contributed by atoms with van der Waals surface area (Å²) in [5.74, 6) is -0.195. The van der Waals surface area contributed by atoms with Gasteiger partial charge in [0.15, 0.2) is 0 Å². The molecule has 2 fully saturated rings. The number of urea groups is 1. The molecule has 1 aromatic heterocycles. The van der Waals surface area contributed by atoms with Crippen molar-refractivity contribution in [2.24, 2.45) is 5.92 Å². The van der Waals surface area contributed by atoms with Crippen LogP contribution in [0, 0.1) is 19.8 Å². The van der Waals surface area contributed by atoms with Gasteiger partial charge in [0, 0.05) is 31.0 Å². The van der Waals surface area contributed by atoms with E-state index in [-0.39, 0.29) is 30.3 Å². The van der Waals surface area contributed by atoms with Gasteiger partial charge in [-0.05, 0) is 69.4 Å². The van der Waals surface area contributed by atoms with Crippen LogP contribution in [-0.4, -0.2) is 51.3 Å². The fourth-order valence-electron chi connectivity index (χ4n) is 4.75. The summed E-state index contributed by atoms with van der Waals surface area (Å²) in [7, 11) is 0. The van der Waals surface area contributed by atoms with Crippen LogP contribution in [0.3, 0.4) is 0 Å². The van der Waals surface area contributed by atoms with Crippen LogP contribution in [0.2, 0.25) is 0 Å². The summed E-state index contributed by atoms with van der Waals surface area (Å²) < 4.78 is 0. The van der Waals surface area contributed by atoms with Gasteiger partial charge in [0.05, 0.1) is 6.54 Å². The second kappa shape index (κ2) is 8.13. The minimum Gasteiger partial charge on any atom is -0.339 e. The summed E-state index contributed by atoms with van der Waals surface area (Å²) in [6.45, 7) is 7.16. The lowest BCUT2D eigenvalue weighted by Gasteiger charge is -2.39. The lowest BCUT2D eigenvalue weighted by Crippen LogP contribution is -2.54. The number of aryl methyl sites for hydroxylation is 2. The molecule has 2 aromatic rings. The Morgan fingerprint density at radius 3 is 2.32 bits per heavy atom. The van der Waals surface area contributed by atoms with Crippen molar-refractivity contribution in [1.82, 2.24) is 20.1 Å². The average Bonchev–Trinajstić information content (AvgIpc) is 2.97. The number of aromatic nitrogens is 1. The molecule has 0 spiro atoms. The third-order valence-electron chi connectivity index (χ3n) is 6.46. The fraction of sp³-hybridized carbons (Fsp3) is 0.417.